The van der Waals surface area contributed by atoms with E-state index in [1.165, 1.54) is 0 Å². The SMILES string of the molecule is O=C(NC(=O)c1ccc2c(c1)OCO2)Nc1cccc(-c2cccs2)c1. The highest BCUT2D eigenvalue weighted by Crippen LogP contribution is 2.32. The lowest BCUT2D eigenvalue weighted by Crippen LogP contribution is -2.34. The topological polar surface area (TPSA) is 76.7 Å². The van der Waals surface area contributed by atoms with E-state index >= 15 is 0 Å². The highest BCUT2D eigenvalue weighted by atomic mass is 32.1. The average molecular weight is 366 g/mol. The fourth-order valence-electron chi connectivity index (χ4n) is 2.57. The predicted octanol–water partition coefficient (Wildman–Crippen LogP) is 4.11. The number of carbonyl (C=O) groups is 2. The molecule has 0 radical (unpaired) electrons. The molecule has 0 saturated heterocycles. The largest absolute Gasteiger partial charge is 0.454 e. The van der Waals surface area contributed by atoms with Gasteiger partial charge in [-0.2, -0.15) is 0 Å². The number of carbonyl (C=O) groups excluding carboxylic acids is 2. The second-order valence-corrected chi connectivity index (χ2v) is 6.48. The Kier molecular flexibility index (Phi) is 4.28. The van der Waals surface area contributed by atoms with Crippen LogP contribution in [0.5, 0.6) is 11.5 Å². The van der Waals surface area contributed by atoms with Gasteiger partial charge in [0, 0.05) is 16.1 Å². The average Bonchev–Trinajstić information content (AvgIpc) is 3.33. The van der Waals surface area contributed by atoms with Crippen molar-refractivity contribution in [3.8, 4) is 21.9 Å². The van der Waals surface area contributed by atoms with Crippen LogP contribution in [0.4, 0.5) is 10.5 Å². The Bertz CT molecular complexity index is 969. The molecule has 3 amide bonds. The van der Waals surface area contributed by atoms with E-state index in [0.717, 1.165) is 10.4 Å². The summed E-state index contributed by atoms with van der Waals surface area (Å²) in [5, 5.41) is 6.97. The van der Waals surface area contributed by atoms with Gasteiger partial charge in [0.25, 0.3) is 5.91 Å². The van der Waals surface area contributed by atoms with Gasteiger partial charge < -0.3 is 14.8 Å². The monoisotopic (exact) mass is 366 g/mol. The van der Waals surface area contributed by atoms with Gasteiger partial charge in [-0.25, -0.2) is 4.79 Å². The number of rotatable bonds is 3. The summed E-state index contributed by atoms with van der Waals surface area (Å²) in [7, 11) is 0. The summed E-state index contributed by atoms with van der Waals surface area (Å²) in [6.45, 7) is 0.126. The molecule has 26 heavy (non-hydrogen) atoms. The van der Waals surface area contributed by atoms with Crippen LogP contribution in [0, 0.1) is 0 Å². The second kappa shape index (κ2) is 6.89. The van der Waals surface area contributed by atoms with Gasteiger partial charge in [-0.1, -0.05) is 18.2 Å². The minimum absolute atomic E-state index is 0.126. The Morgan fingerprint density at radius 1 is 0.962 bits per heavy atom. The molecule has 0 atom stereocenters. The Morgan fingerprint density at radius 2 is 1.85 bits per heavy atom. The second-order valence-electron chi connectivity index (χ2n) is 5.53. The first-order valence-electron chi connectivity index (χ1n) is 7.85. The Hall–Kier alpha value is -3.32. The number of hydrogen-bond donors (Lipinski definition) is 2. The third-order valence-corrected chi connectivity index (χ3v) is 4.71. The normalized spacial score (nSPS) is 11.8. The summed E-state index contributed by atoms with van der Waals surface area (Å²) in [6, 6.07) is 15.6. The quantitative estimate of drug-likeness (QED) is 0.731. The fraction of sp³-hybridized carbons (Fsp3) is 0.0526. The summed E-state index contributed by atoms with van der Waals surface area (Å²) in [6.07, 6.45) is 0. The molecule has 7 heteroatoms. The van der Waals surface area contributed by atoms with E-state index in [1.807, 2.05) is 35.7 Å². The van der Waals surface area contributed by atoms with E-state index in [2.05, 4.69) is 10.6 Å². The molecule has 4 rings (SSSR count). The van der Waals surface area contributed by atoms with Gasteiger partial charge in [0.15, 0.2) is 11.5 Å². The Morgan fingerprint density at radius 3 is 2.69 bits per heavy atom. The third kappa shape index (κ3) is 3.38. The van der Waals surface area contributed by atoms with Crippen LogP contribution in [0.1, 0.15) is 10.4 Å². The zero-order chi connectivity index (χ0) is 17.9. The first-order chi connectivity index (χ1) is 12.7. The minimum atomic E-state index is -0.601. The number of urea groups is 1. The molecule has 0 spiro atoms. The van der Waals surface area contributed by atoms with Crippen LogP contribution in [0.15, 0.2) is 60.0 Å². The van der Waals surface area contributed by atoms with E-state index in [1.54, 1.807) is 35.6 Å². The maximum atomic E-state index is 12.2. The molecule has 0 aliphatic carbocycles. The fourth-order valence-corrected chi connectivity index (χ4v) is 3.29. The van der Waals surface area contributed by atoms with E-state index in [0.29, 0.717) is 22.7 Å². The summed E-state index contributed by atoms with van der Waals surface area (Å²) >= 11 is 1.62. The highest BCUT2D eigenvalue weighted by Gasteiger charge is 2.17. The van der Waals surface area contributed by atoms with Crippen molar-refractivity contribution in [1.29, 1.82) is 0 Å². The van der Waals surface area contributed by atoms with Crippen LogP contribution in [0.3, 0.4) is 0 Å². The van der Waals surface area contributed by atoms with Crippen LogP contribution in [-0.4, -0.2) is 18.7 Å². The van der Waals surface area contributed by atoms with Gasteiger partial charge >= 0.3 is 6.03 Å². The lowest BCUT2D eigenvalue weighted by atomic mass is 10.1. The zero-order valence-electron chi connectivity index (χ0n) is 13.5. The van der Waals surface area contributed by atoms with Gasteiger partial charge in [-0.3, -0.25) is 10.1 Å². The van der Waals surface area contributed by atoms with Gasteiger partial charge in [-0.15, -0.1) is 11.3 Å². The van der Waals surface area contributed by atoms with Crippen LogP contribution in [0.2, 0.25) is 0 Å². The van der Waals surface area contributed by atoms with Crippen LogP contribution in [0.25, 0.3) is 10.4 Å². The highest BCUT2D eigenvalue weighted by molar-refractivity contribution is 7.13. The molecule has 0 fully saturated rings. The summed E-state index contributed by atoms with van der Waals surface area (Å²) in [4.78, 5) is 25.5. The lowest BCUT2D eigenvalue weighted by Gasteiger charge is -2.08. The minimum Gasteiger partial charge on any atom is -0.454 e. The summed E-state index contributed by atoms with van der Waals surface area (Å²) in [5.74, 6) is 0.549. The molecule has 1 aliphatic rings. The zero-order valence-corrected chi connectivity index (χ0v) is 14.3. The third-order valence-electron chi connectivity index (χ3n) is 3.79. The maximum Gasteiger partial charge on any atom is 0.326 e. The van der Waals surface area contributed by atoms with Gasteiger partial charge in [0.1, 0.15) is 0 Å². The van der Waals surface area contributed by atoms with E-state index in [9.17, 15) is 9.59 Å². The number of ether oxygens (including phenoxy) is 2. The number of nitrogens with one attached hydrogen (secondary N) is 2. The van der Waals surface area contributed by atoms with Crippen LogP contribution < -0.4 is 20.1 Å². The number of fused-ring (bicyclic) bond motifs is 1. The number of benzene rings is 2. The van der Waals surface area contributed by atoms with Gasteiger partial charge in [0.05, 0.1) is 0 Å². The van der Waals surface area contributed by atoms with E-state index in [4.69, 9.17) is 9.47 Å². The van der Waals surface area contributed by atoms with Crippen molar-refractivity contribution in [1.82, 2.24) is 5.32 Å². The molecular weight excluding hydrogens is 352 g/mol. The molecule has 1 aliphatic heterocycles. The van der Waals surface area contributed by atoms with Gasteiger partial charge in [0.2, 0.25) is 6.79 Å². The molecule has 0 saturated carbocycles. The Balaban J connectivity index is 1.42. The van der Waals surface area contributed by atoms with E-state index in [-0.39, 0.29) is 6.79 Å². The number of amides is 3. The van der Waals surface area contributed by atoms with E-state index < -0.39 is 11.9 Å². The van der Waals surface area contributed by atoms with Crippen LogP contribution in [-0.2, 0) is 0 Å². The standard InChI is InChI=1S/C19H14N2O4S/c22-18(13-6-7-15-16(10-13)25-11-24-15)21-19(23)20-14-4-1-3-12(9-14)17-5-2-8-26-17/h1-10H,11H2,(H2,20,21,22,23). The molecule has 130 valence electrons. The number of hydrogen-bond acceptors (Lipinski definition) is 5. The number of anilines is 1. The van der Waals surface area contributed by atoms with Crippen molar-refractivity contribution in [2.75, 3.05) is 12.1 Å². The van der Waals surface area contributed by atoms with Crippen molar-refractivity contribution in [2.24, 2.45) is 0 Å². The number of thiophene rings is 1. The van der Waals surface area contributed by atoms with Crippen molar-refractivity contribution >= 4 is 29.0 Å². The molecular formula is C19H14N2O4S. The first kappa shape index (κ1) is 16.2. The number of imide groups is 1. The van der Waals surface area contributed by atoms with Crippen molar-refractivity contribution < 1.29 is 19.1 Å². The molecule has 2 aromatic carbocycles. The molecule has 0 bridgehead atoms. The molecule has 2 heterocycles. The van der Waals surface area contributed by atoms with Crippen molar-refractivity contribution in [2.45, 2.75) is 0 Å². The van der Waals surface area contributed by atoms with Crippen LogP contribution >= 0.6 is 11.3 Å². The summed E-state index contributed by atoms with van der Waals surface area (Å²) < 4.78 is 10.4. The maximum absolute atomic E-state index is 12.2. The molecule has 0 unspecified atom stereocenters. The van der Waals surface area contributed by atoms with Gasteiger partial charge in [-0.05, 0) is 47.3 Å². The molecule has 6 nitrogen and oxygen atoms in total. The molecule has 3 aromatic rings. The lowest BCUT2D eigenvalue weighted by molar-refractivity contribution is 0.0966. The van der Waals surface area contributed by atoms with Crippen molar-refractivity contribution in [3.05, 3.63) is 65.5 Å². The first-order valence-corrected chi connectivity index (χ1v) is 8.73. The predicted molar refractivity (Wildman–Crippen MR) is 98.8 cm³/mol. The van der Waals surface area contributed by atoms with Crippen molar-refractivity contribution in [3.63, 3.8) is 0 Å². The molecule has 1 aromatic heterocycles. The molecule has 2 N–H and O–H groups in total. The smallest absolute Gasteiger partial charge is 0.326 e. The Labute approximate surface area is 153 Å². The summed E-state index contributed by atoms with van der Waals surface area (Å²) in [5.41, 5.74) is 1.92.